The molecule has 2 rings (SSSR count). The Hall–Kier alpha value is -1.91. The highest BCUT2D eigenvalue weighted by Crippen LogP contribution is 2.40. The SMILES string of the molecule is O=CNC(c1ccccc1)C1([N+](=O)[O-])CCCCC1. The van der Waals surface area contributed by atoms with E-state index in [1.165, 1.54) is 0 Å². The van der Waals surface area contributed by atoms with Crippen molar-refractivity contribution in [1.82, 2.24) is 5.32 Å². The Bertz CT molecular complexity index is 441. The average Bonchev–Trinajstić information content (AvgIpc) is 2.46. The van der Waals surface area contributed by atoms with Crippen LogP contribution < -0.4 is 5.32 Å². The summed E-state index contributed by atoms with van der Waals surface area (Å²) in [6.45, 7) is 0. The summed E-state index contributed by atoms with van der Waals surface area (Å²) in [5, 5.41) is 14.3. The summed E-state index contributed by atoms with van der Waals surface area (Å²) in [5.74, 6) is 0. The smallest absolute Gasteiger partial charge is 0.246 e. The molecule has 1 atom stereocenters. The van der Waals surface area contributed by atoms with Gasteiger partial charge in [-0.05, 0) is 18.4 Å². The zero-order valence-electron chi connectivity index (χ0n) is 10.7. The highest BCUT2D eigenvalue weighted by atomic mass is 16.6. The fourth-order valence-electron chi connectivity index (χ4n) is 3.02. The van der Waals surface area contributed by atoms with E-state index in [1.807, 2.05) is 30.3 Å². The van der Waals surface area contributed by atoms with Gasteiger partial charge in [0.1, 0.15) is 6.04 Å². The summed E-state index contributed by atoms with van der Waals surface area (Å²) in [7, 11) is 0. The number of amides is 1. The van der Waals surface area contributed by atoms with Crippen LogP contribution in [0.25, 0.3) is 0 Å². The van der Waals surface area contributed by atoms with Gasteiger partial charge in [-0.1, -0.05) is 36.8 Å². The molecule has 1 N–H and O–H groups in total. The molecule has 19 heavy (non-hydrogen) atoms. The van der Waals surface area contributed by atoms with Crippen LogP contribution in [0.2, 0.25) is 0 Å². The Labute approximate surface area is 112 Å². The van der Waals surface area contributed by atoms with Crippen molar-refractivity contribution in [2.24, 2.45) is 0 Å². The third-order valence-electron chi connectivity index (χ3n) is 3.99. The van der Waals surface area contributed by atoms with Crippen LogP contribution in [0, 0.1) is 10.1 Å². The van der Waals surface area contributed by atoms with Crippen molar-refractivity contribution in [1.29, 1.82) is 0 Å². The number of carbonyl (C=O) groups excluding carboxylic acids is 1. The van der Waals surface area contributed by atoms with E-state index >= 15 is 0 Å². The summed E-state index contributed by atoms with van der Waals surface area (Å²) >= 11 is 0. The van der Waals surface area contributed by atoms with E-state index in [0.717, 1.165) is 24.8 Å². The Balaban J connectivity index is 2.40. The van der Waals surface area contributed by atoms with Crippen molar-refractivity contribution in [2.45, 2.75) is 43.7 Å². The van der Waals surface area contributed by atoms with E-state index in [4.69, 9.17) is 0 Å². The number of benzene rings is 1. The first-order valence-corrected chi connectivity index (χ1v) is 6.60. The van der Waals surface area contributed by atoms with Crippen LogP contribution in [0.4, 0.5) is 0 Å². The molecule has 0 aromatic heterocycles. The normalized spacial score (nSPS) is 19.4. The lowest BCUT2D eigenvalue weighted by atomic mass is 9.74. The van der Waals surface area contributed by atoms with E-state index in [-0.39, 0.29) is 4.92 Å². The largest absolute Gasteiger partial charge is 0.345 e. The molecule has 1 aliphatic rings. The molecule has 0 radical (unpaired) electrons. The number of hydrogen-bond acceptors (Lipinski definition) is 3. The Morgan fingerprint density at radius 2 is 1.84 bits per heavy atom. The van der Waals surface area contributed by atoms with Gasteiger partial charge in [-0.25, -0.2) is 0 Å². The number of carbonyl (C=O) groups is 1. The predicted molar refractivity (Wildman–Crippen MR) is 71.2 cm³/mol. The summed E-state index contributed by atoms with van der Waals surface area (Å²) in [6.07, 6.45) is 4.30. The molecule has 1 saturated carbocycles. The first-order chi connectivity index (χ1) is 9.20. The second-order valence-corrected chi connectivity index (χ2v) is 5.05. The molecule has 102 valence electrons. The monoisotopic (exact) mass is 262 g/mol. The first-order valence-electron chi connectivity index (χ1n) is 6.60. The van der Waals surface area contributed by atoms with Gasteiger partial charge < -0.3 is 5.32 Å². The maximum Gasteiger partial charge on any atom is 0.246 e. The minimum Gasteiger partial charge on any atom is -0.345 e. The third kappa shape index (κ3) is 2.59. The van der Waals surface area contributed by atoms with Crippen LogP contribution in [0.15, 0.2) is 30.3 Å². The number of nitro groups is 1. The van der Waals surface area contributed by atoms with E-state index < -0.39 is 11.6 Å². The van der Waals surface area contributed by atoms with Crippen LogP contribution in [0.3, 0.4) is 0 Å². The van der Waals surface area contributed by atoms with E-state index in [9.17, 15) is 14.9 Å². The molecule has 5 heteroatoms. The number of hydrogen-bond donors (Lipinski definition) is 1. The van der Waals surface area contributed by atoms with E-state index in [0.29, 0.717) is 19.3 Å². The predicted octanol–water partition coefficient (Wildman–Crippen LogP) is 2.45. The first kappa shape index (κ1) is 13.5. The zero-order chi connectivity index (χ0) is 13.7. The van der Waals surface area contributed by atoms with Gasteiger partial charge in [0.2, 0.25) is 11.9 Å². The minimum absolute atomic E-state index is 0.194. The lowest BCUT2D eigenvalue weighted by molar-refractivity contribution is -0.581. The second-order valence-electron chi connectivity index (χ2n) is 5.05. The Kier molecular flexibility index (Phi) is 4.14. The van der Waals surface area contributed by atoms with Gasteiger partial charge in [0.25, 0.3) is 0 Å². The van der Waals surface area contributed by atoms with Crippen molar-refractivity contribution in [3.8, 4) is 0 Å². The molecule has 0 spiro atoms. The van der Waals surface area contributed by atoms with Crippen LogP contribution in [0.1, 0.15) is 43.7 Å². The van der Waals surface area contributed by atoms with Gasteiger partial charge in [0, 0.05) is 17.8 Å². The molecule has 1 fully saturated rings. The standard InChI is InChI=1S/C14H18N2O3/c17-11-15-13(12-7-3-1-4-8-12)14(16(18)19)9-5-2-6-10-14/h1,3-4,7-8,11,13H,2,5-6,9-10H2,(H,15,17). The summed E-state index contributed by atoms with van der Waals surface area (Å²) in [6, 6.07) is 8.65. The van der Waals surface area contributed by atoms with Gasteiger partial charge in [-0.2, -0.15) is 0 Å². The molecular weight excluding hydrogens is 244 g/mol. The van der Waals surface area contributed by atoms with E-state index in [2.05, 4.69) is 5.32 Å². The maximum atomic E-state index is 11.6. The van der Waals surface area contributed by atoms with E-state index in [1.54, 1.807) is 0 Å². The molecule has 1 aromatic carbocycles. The van der Waals surface area contributed by atoms with Crippen LogP contribution in [-0.2, 0) is 4.79 Å². The second kappa shape index (κ2) is 5.82. The van der Waals surface area contributed by atoms with Crippen LogP contribution >= 0.6 is 0 Å². The molecule has 0 heterocycles. The Morgan fingerprint density at radius 1 is 1.21 bits per heavy atom. The molecule has 5 nitrogen and oxygen atoms in total. The van der Waals surface area contributed by atoms with Crippen molar-refractivity contribution in [2.75, 3.05) is 0 Å². The van der Waals surface area contributed by atoms with Crippen LogP contribution in [0.5, 0.6) is 0 Å². The number of nitrogens with one attached hydrogen (secondary N) is 1. The molecular formula is C14H18N2O3. The molecule has 1 aliphatic carbocycles. The fourth-order valence-corrected chi connectivity index (χ4v) is 3.02. The van der Waals surface area contributed by atoms with Gasteiger partial charge in [0.15, 0.2) is 0 Å². The molecule has 0 saturated heterocycles. The lowest BCUT2D eigenvalue weighted by Crippen LogP contribution is -2.51. The molecule has 0 bridgehead atoms. The third-order valence-corrected chi connectivity index (χ3v) is 3.99. The summed E-state index contributed by atoms with van der Waals surface area (Å²) < 4.78 is 0. The van der Waals surface area contributed by atoms with Crippen LogP contribution in [-0.4, -0.2) is 16.9 Å². The number of nitrogens with zero attached hydrogens (tertiary/aromatic N) is 1. The summed E-state index contributed by atoms with van der Waals surface area (Å²) in [4.78, 5) is 22.3. The quantitative estimate of drug-likeness (QED) is 0.503. The van der Waals surface area contributed by atoms with Gasteiger partial charge in [-0.3, -0.25) is 14.9 Å². The van der Waals surface area contributed by atoms with Crippen molar-refractivity contribution < 1.29 is 9.72 Å². The van der Waals surface area contributed by atoms with Crippen molar-refractivity contribution in [3.63, 3.8) is 0 Å². The van der Waals surface area contributed by atoms with Gasteiger partial charge in [-0.15, -0.1) is 0 Å². The molecule has 1 amide bonds. The molecule has 1 unspecified atom stereocenters. The molecule has 0 aliphatic heterocycles. The topological polar surface area (TPSA) is 72.2 Å². The van der Waals surface area contributed by atoms with Crippen molar-refractivity contribution in [3.05, 3.63) is 46.0 Å². The highest BCUT2D eigenvalue weighted by molar-refractivity contribution is 5.48. The lowest BCUT2D eigenvalue weighted by Gasteiger charge is -2.35. The van der Waals surface area contributed by atoms with Crippen molar-refractivity contribution >= 4 is 6.41 Å². The van der Waals surface area contributed by atoms with Gasteiger partial charge in [0.05, 0.1) is 0 Å². The highest BCUT2D eigenvalue weighted by Gasteiger charge is 2.51. The van der Waals surface area contributed by atoms with Gasteiger partial charge >= 0.3 is 0 Å². The molecule has 1 aromatic rings. The average molecular weight is 262 g/mol. The zero-order valence-corrected chi connectivity index (χ0v) is 10.7. The maximum absolute atomic E-state index is 11.6. The fraction of sp³-hybridized carbons (Fsp3) is 0.500. The minimum atomic E-state index is -1.07. The number of rotatable bonds is 5. The Morgan fingerprint density at radius 3 is 2.37 bits per heavy atom. The summed E-state index contributed by atoms with van der Waals surface area (Å²) in [5.41, 5.74) is -0.270.